The second-order valence-electron chi connectivity index (χ2n) is 5.91. The summed E-state index contributed by atoms with van der Waals surface area (Å²) in [6, 6.07) is 12.8. The Morgan fingerprint density at radius 1 is 1.23 bits per heavy atom. The van der Waals surface area contributed by atoms with E-state index in [9.17, 15) is 18.0 Å². The number of hydrogen-bond acceptors (Lipinski definition) is 7. The Bertz CT molecular complexity index is 1230. The number of halogens is 1. The monoisotopic (exact) mass is 509 g/mol. The van der Waals surface area contributed by atoms with Crippen molar-refractivity contribution in [3.8, 4) is 5.75 Å². The Kier molecular flexibility index (Phi) is 6.95. The lowest BCUT2D eigenvalue weighted by Gasteiger charge is -2.07. The van der Waals surface area contributed by atoms with E-state index >= 15 is 0 Å². The number of hydrogen-bond donors (Lipinski definition) is 2. The van der Waals surface area contributed by atoms with Gasteiger partial charge in [-0.1, -0.05) is 33.8 Å². The lowest BCUT2D eigenvalue weighted by atomic mass is 10.3. The van der Waals surface area contributed by atoms with E-state index in [2.05, 4.69) is 31.2 Å². The number of aromatic amines is 1. The molecule has 0 fully saturated rings. The number of benzene rings is 2. The Balaban J connectivity index is 1.70. The van der Waals surface area contributed by atoms with Crippen molar-refractivity contribution in [2.75, 3.05) is 18.2 Å². The van der Waals surface area contributed by atoms with Crippen LogP contribution >= 0.6 is 27.7 Å². The van der Waals surface area contributed by atoms with E-state index in [1.807, 2.05) is 6.07 Å². The maximum absolute atomic E-state index is 12.7. The molecular formula is C19H16BrN3O5S2. The maximum atomic E-state index is 12.7. The number of H-pyrrole nitrogens is 1. The molecule has 3 rings (SSSR count). The zero-order valence-corrected chi connectivity index (χ0v) is 18.8. The summed E-state index contributed by atoms with van der Waals surface area (Å²) in [5.41, 5.74) is -0.187. The predicted octanol–water partition coefficient (Wildman–Crippen LogP) is 3.10. The number of nitrogens with one attached hydrogen (secondary N) is 2. The fraction of sp³-hybridized carbons (Fsp3) is 0.105. The maximum Gasteiger partial charge on any atom is 0.270 e. The highest BCUT2D eigenvalue weighted by Gasteiger charge is 2.22. The van der Waals surface area contributed by atoms with Gasteiger partial charge in [0.2, 0.25) is 15.7 Å². The van der Waals surface area contributed by atoms with Crippen LogP contribution < -0.4 is 15.6 Å². The van der Waals surface area contributed by atoms with E-state index in [0.29, 0.717) is 11.4 Å². The molecule has 2 aromatic carbocycles. The molecule has 0 radical (unpaired) electrons. The molecule has 0 unspecified atom stereocenters. The molecular weight excluding hydrogens is 494 g/mol. The molecule has 0 aliphatic rings. The van der Waals surface area contributed by atoms with E-state index in [0.717, 1.165) is 22.4 Å². The van der Waals surface area contributed by atoms with Gasteiger partial charge in [0, 0.05) is 10.2 Å². The standard InChI is InChI=1S/C19H16BrN3O5S2/c1-28-14-5-7-15(8-6-14)30(26,27)16-10-21-19(23-18(16)25)29-11-17(24)22-13-4-2-3-12(20)9-13/h2-10H,11H2,1H3,(H,22,24)(H,21,23,25). The molecule has 1 aromatic heterocycles. The molecule has 11 heteroatoms. The number of ether oxygens (including phenoxy) is 1. The molecule has 1 heterocycles. The van der Waals surface area contributed by atoms with Gasteiger partial charge in [0.1, 0.15) is 5.75 Å². The molecule has 0 aliphatic heterocycles. The fourth-order valence-electron chi connectivity index (χ4n) is 2.41. The second kappa shape index (κ2) is 9.45. The molecule has 2 N–H and O–H groups in total. The molecule has 30 heavy (non-hydrogen) atoms. The summed E-state index contributed by atoms with van der Waals surface area (Å²) in [7, 11) is -2.58. The third-order valence-electron chi connectivity index (χ3n) is 3.85. The minimum absolute atomic E-state index is 0.0139. The van der Waals surface area contributed by atoms with Crippen molar-refractivity contribution >= 4 is 49.1 Å². The van der Waals surface area contributed by atoms with Gasteiger partial charge in [0.15, 0.2) is 10.1 Å². The summed E-state index contributed by atoms with van der Waals surface area (Å²) in [5.74, 6) is 0.185. The van der Waals surface area contributed by atoms with Gasteiger partial charge in [-0.3, -0.25) is 9.59 Å². The molecule has 0 saturated carbocycles. The number of carbonyl (C=O) groups excluding carboxylic acids is 1. The van der Waals surface area contributed by atoms with E-state index in [4.69, 9.17) is 4.74 Å². The van der Waals surface area contributed by atoms with Crippen LogP contribution in [0, 0.1) is 0 Å². The molecule has 156 valence electrons. The van der Waals surface area contributed by atoms with E-state index in [-0.39, 0.29) is 21.7 Å². The van der Waals surface area contributed by atoms with Crippen molar-refractivity contribution < 1.29 is 17.9 Å². The molecule has 1 amide bonds. The minimum Gasteiger partial charge on any atom is -0.497 e. The lowest BCUT2D eigenvalue weighted by Crippen LogP contribution is -2.20. The number of thioether (sulfide) groups is 1. The van der Waals surface area contributed by atoms with Crippen molar-refractivity contribution in [3.05, 3.63) is 69.6 Å². The van der Waals surface area contributed by atoms with Gasteiger partial charge in [0.25, 0.3) is 5.56 Å². The number of amides is 1. The summed E-state index contributed by atoms with van der Waals surface area (Å²) in [6.07, 6.45) is 0.993. The van der Waals surface area contributed by atoms with E-state index < -0.39 is 20.3 Å². The molecule has 0 spiro atoms. The van der Waals surface area contributed by atoms with Gasteiger partial charge >= 0.3 is 0 Å². The lowest BCUT2D eigenvalue weighted by molar-refractivity contribution is -0.113. The normalized spacial score (nSPS) is 11.1. The average molecular weight is 510 g/mol. The summed E-state index contributed by atoms with van der Waals surface area (Å²) < 4.78 is 31.2. The van der Waals surface area contributed by atoms with Gasteiger partial charge in [0.05, 0.1) is 24.0 Å². The van der Waals surface area contributed by atoms with Crippen molar-refractivity contribution in [2.24, 2.45) is 0 Å². The summed E-state index contributed by atoms with van der Waals surface area (Å²) in [4.78, 5) is 30.3. The zero-order valence-electron chi connectivity index (χ0n) is 15.6. The van der Waals surface area contributed by atoms with Crippen LogP contribution in [0.25, 0.3) is 0 Å². The van der Waals surface area contributed by atoms with Crippen LogP contribution in [-0.2, 0) is 14.6 Å². The predicted molar refractivity (Wildman–Crippen MR) is 117 cm³/mol. The zero-order chi connectivity index (χ0) is 21.7. The van der Waals surface area contributed by atoms with Crippen molar-refractivity contribution in [2.45, 2.75) is 14.9 Å². The second-order valence-corrected chi connectivity index (χ2v) is 9.71. The van der Waals surface area contributed by atoms with Gasteiger partial charge in [-0.05, 0) is 42.5 Å². The van der Waals surface area contributed by atoms with Gasteiger partial charge in [-0.25, -0.2) is 13.4 Å². The Morgan fingerprint density at radius 3 is 2.60 bits per heavy atom. The number of carbonyl (C=O) groups is 1. The molecule has 0 bridgehead atoms. The SMILES string of the molecule is COc1ccc(S(=O)(=O)c2cnc(SCC(=O)Nc3cccc(Br)c3)[nH]c2=O)cc1. The first-order valence-corrected chi connectivity index (χ1v) is 11.7. The van der Waals surface area contributed by atoms with Crippen LogP contribution in [0.4, 0.5) is 5.69 Å². The third kappa shape index (κ3) is 5.29. The quantitative estimate of drug-likeness (QED) is 0.371. The third-order valence-corrected chi connectivity index (χ3v) is 6.99. The minimum atomic E-state index is -4.04. The number of anilines is 1. The van der Waals surface area contributed by atoms with Crippen LogP contribution in [0.1, 0.15) is 0 Å². The highest BCUT2D eigenvalue weighted by molar-refractivity contribution is 9.10. The molecule has 0 saturated heterocycles. The molecule has 0 aliphatic carbocycles. The van der Waals surface area contributed by atoms with Crippen LogP contribution in [-0.4, -0.2) is 37.2 Å². The molecule has 3 aromatic rings. The van der Waals surface area contributed by atoms with Crippen LogP contribution in [0.3, 0.4) is 0 Å². The highest BCUT2D eigenvalue weighted by Crippen LogP contribution is 2.21. The summed E-state index contributed by atoms with van der Waals surface area (Å²) in [5, 5.41) is 2.86. The first-order valence-electron chi connectivity index (χ1n) is 8.46. The van der Waals surface area contributed by atoms with Crippen LogP contribution in [0.2, 0.25) is 0 Å². The van der Waals surface area contributed by atoms with Crippen LogP contribution in [0.5, 0.6) is 5.75 Å². The largest absolute Gasteiger partial charge is 0.497 e. The molecule has 0 atom stereocenters. The van der Waals surface area contributed by atoms with Crippen molar-refractivity contribution in [1.29, 1.82) is 0 Å². The summed E-state index contributed by atoms with van der Waals surface area (Å²) >= 11 is 4.31. The number of methoxy groups -OCH3 is 1. The van der Waals surface area contributed by atoms with Gasteiger partial charge in [-0.15, -0.1) is 0 Å². The number of nitrogens with zero attached hydrogens (tertiary/aromatic N) is 1. The Labute approximate surface area is 185 Å². The first-order chi connectivity index (χ1) is 14.3. The van der Waals surface area contributed by atoms with Gasteiger partial charge in [-0.2, -0.15) is 0 Å². The van der Waals surface area contributed by atoms with Crippen molar-refractivity contribution in [3.63, 3.8) is 0 Å². The highest BCUT2D eigenvalue weighted by atomic mass is 79.9. The van der Waals surface area contributed by atoms with E-state index in [1.165, 1.54) is 31.4 Å². The Morgan fingerprint density at radius 2 is 1.97 bits per heavy atom. The number of sulfone groups is 1. The fourth-order valence-corrected chi connectivity index (χ4v) is 4.68. The summed E-state index contributed by atoms with van der Waals surface area (Å²) in [6.45, 7) is 0. The smallest absolute Gasteiger partial charge is 0.270 e. The van der Waals surface area contributed by atoms with Gasteiger partial charge < -0.3 is 15.0 Å². The first kappa shape index (κ1) is 22.1. The van der Waals surface area contributed by atoms with Crippen LogP contribution in [0.15, 0.2) is 78.9 Å². The number of aromatic nitrogens is 2. The topological polar surface area (TPSA) is 118 Å². The van der Waals surface area contributed by atoms with E-state index in [1.54, 1.807) is 18.2 Å². The molecule has 8 nitrogen and oxygen atoms in total. The average Bonchev–Trinajstić information content (AvgIpc) is 2.72. The Hall–Kier alpha value is -2.63. The van der Waals surface area contributed by atoms with Crippen molar-refractivity contribution in [1.82, 2.24) is 9.97 Å². The number of rotatable bonds is 7.